The standard InChI is InChI=1S/C11H17N3O5/c1-13-8(12)2-3-14(11(13)18)4-6-9(16)10(17)7(5-15)19-6/h2-3,6-7,9-10,12,15-17H,4-5H2,1H3/p+1. The van der Waals surface area contributed by atoms with Crippen LogP contribution in [0, 0.1) is 0 Å². The van der Waals surface area contributed by atoms with Crippen molar-refractivity contribution in [3.8, 4) is 0 Å². The van der Waals surface area contributed by atoms with Crippen LogP contribution in [-0.2, 0) is 18.3 Å². The van der Waals surface area contributed by atoms with Crippen molar-refractivity contribution < 1.29 is 24.6 Å². The first kappa shape index (κ1) is 13.9. The molecule has 0 spiro atoms. The normalized spacial score (nSPS) is 30.7. The third kappa shape index (κ3) is 2.47. The van der Waals surface area contributed by atoms with Crippen LogP contribution in [0.3, 0.4) is 0 Å². The van der Waals surface area contributed by atoms with Crippen molar-refractivity contribution in [3.05, 3.63) is 22.7 Å². The number of nitrogen functional groups attached to an aromatic ring is 1. The molecule has 2 heterocycles. The lowest BCUT2D eigenvalue weighted by molar-refractivity contribution is -0.722. The molecule has 5 N–H and O–H groups in total. The predicted molar refractivity (Wildman–Crippen MR) is 64.1 cm³/mol. The van der Waals surface area contributed by atoms with E-state index in [0.29, 0.717) is 5.82 Å². The molecule has 0 bridgehead atoms. The Balaban J connectivity index is 2.19. The van der Waals surface area contributed by atoms with Gasteiger partial charge in [-0.25, -0.2) is 0 Å². The number of nitrogens with zero attached hydrogens (tertiary/aromatic N) is 2. The third-order valence-corrected chi connectivity index (χ3v) is 3.36. The number of hydrogen-bond acceptors (Lipinski definition) is 6. The second-order valence-electron chi connectivity index (χ2n) is 4.61. The molecule has 0 radical (unpaired) electrons. The van der Waals surface area contributed by atoms with Crippen molar-refractivity contribution in [1.29, 1.82) is 0 Å². The van der Waals surface area contributed by atoms with Crippen LogP contribution in [0.15, 0.2) is 17.1 Å². The number of nitrogens with two attached hydrogens (primary N) is 1. The number of anilines is 1. The van der Waals surface area contributed by atoms with Crippen molar-refractivity contribution in [3.63, 3.8) is 0 Å². The first-order valence-electron chi connectivity index (χ1n) is 5.93. The minimum absolute atomic E-state index is 0.0711. The molecule has 8 heteroatoms. The Bertz CT molecular complexity index is 518. The zero-order chi connectivity index (χ0) is 14.2. The van der Waals surface area contributed by atoms with Gasteiger partial charge in [-0.3, -0.25) is 0 Å². The van der Waals surface area contributed by atoms with Gasteiger partial charge in [-0.05, 0) is 0 Å². The van der Waals surface area contributed by atoms with Crippen LogP contribution >= 0.6 is 0 Å². The van der Waals surface area contributed by atoms with Crippen LogP contribution in [0.5, 0.6) is 0 Å². The summed E-state index contributed by atoms with van der Waals surface area (Å²) >= 11 is 0. The van der Waals surface area contributed by atoms with Gasteiger partial charge in [0.15, 0.2) is 5.82 Å². The molecule has 1 aromatic heterocycles. The van der Waals surface area contributed by atoms with E-state index in [9.17, 15) is 15.0 Å². The van der Waals surface area contributed by atoms with Crippen molar-refractivity contribution in [2.75, 3.05) is 12.3 Å². The first-order chi connectivity index (χ1) is 8.95. The maximum atomic E-state index is 11.9. The Morgan fingerprint density at radius 2 is 2.05 bits per heavy atom. The van der Waals surface area contributed by atoms with Crippen LogP contribution < -0.4 is 16.0 Å². The van der Waals surface area contributed by atoms with E-state index in [0.717, 1.165) is 0 Å². The average Bonchev–Trinajstić information content (AvgIpc) is 2.67. The molecule has 1 saturated heterocycles. The van der Waals surface area contributed by atoms with E-state index in [2.05, 4.69) is 0 Å². The molecule has 1 aromatic rings. The van der Waals surface area contributed by atoms with Gasteiger partial charge in [0.2, 0.25) is 0 Å². The van der Waals surface area contributed by atoms with Gasteiger partial charge >= 0.3 is 5.69 Å². The van der Waals surface area contributed by atoms with Crippen molar-refractivity contribution in [2.24, 2.45) is 7.05 Å². The van der Waals surface area contributed by atoms with Gasteiger partial charge in [0.25, 0.3) is 0 Å². The fourth-order valence-corrected chi connectivity index (χ4v) is 2.11. The van der Waals surface area contributed by atoms with Crippen molar-refractivity contribution >= 4 is 5.82 Å². The monoisotopic (exact) mass is 272 g/mol. The summed E-state index contributed by atoms with van der Waals surface area (Å²) in [4.78, 5) is 11.9. The minimum atomic E-state index is -1.16. The molecule has 2 rings (SSSR count). The summed E-state index contributed by atoms with van der Waals surface area (Å²) < 4.78 is 7.91. The number of aliphatic hydroxyl groups excluding tert-OH is 3. The van der Waals surface area contributed by atoms with E-state index in [1.807, 2.05) is 0 Å². The highest BCUT2D eigenvalue weighted by Gasteiger charge is 2.43. The fraction of sp³-hybridized carbons (Fsp3) is 0.636. The van der Waals surface area contributed by atoms with Crippen molar-refractivity contribution in [2.45, 2.75) is 31.0 Å². The highest BCUT2D eigenvalue weighted by molar-refractivity contribution is 5.24. The van der Waals surface area contributed by atoms with E-state index in [4.69, 9.17) is 15.6 Å². The van der Waals surface area contributed by atoms with E-state index >= 15 is 0 Å². The number of ether oxygens (including phenoxy) is 1. The Kier molecular flexibility index (Phi) is 3.85. The molecule has 0 saturated carbocycles. The molecular weight excluding hydrogens is 254 g/mol. The summed E-state index contributed by atoms with van der Waals surface area (Å²) in [6, 6.07) is 1.56. The maximum Gasteiger partial charge on any atom is 0.499 e. The molecule has 106 valence electrons. The lowest BCUT2D eigenvalue weighted by atomic mass is 10.1. The SMILES string of the molecule is Cn1c(N)cc[n+](CC2OC(CO)C(O)C2O)c1=O. The summed E-state index contributed by atoms with van der Waals surface area (Å²) in [5.41, 5.74) is 5.24. The van der Waals surface area contributed by atoms with Gasteiger partial charge in [0.1, 0.15) is 37.2 Å². The van der Waals surface area contributed by atoms with Gasteiger partial charge in [-0.15, -0.1) is 0 Å². The van der Waals surface area contributed by atoms with E-state index in [-0.39, 0.29) is 18.8 Å². The summed E-state index contributed by atoms with van der Waals surface area (Å²) in [5.74, 6) is 0.322. The van der Waals surface area contributed by atoms with Crippen LogP contribution in [0.25, 0.3) is 0 Å². The number of rotatable bonds is 3. The quantitative estimate of drug-likeness (QED) is 0.428. The Labute approximate surface area is 109 Å². The van der Waals surface area contributed by atoms with Crippen molar-refractivity contribution in [1.82, 2.24) is 4.57 Å². The van der Waals surface area contributed by atoms with Crippen LogP contribution in [-0.4, -0.2) is 50.9 Å². The molecule has 19 heavy (non-hydrogen) atoms. The van der Waals surface area contributed by atoms with Crippen LogP contribution in [0.1, 0.15) is 0 Å². The predicted octanol–water partition coefficient (Wildman–Crippen LogP) is -3.26. The second kappa shape index (κ2) is 5.25. The van der Waals surface area contributed by atoms with Crippen LogP contribution in [0.2, 0.25) is 0 Å². The average molecular weight is 272 g/mol. The smallest absolute Gasteiger partial charge is 0.394 e. The number of aromatic nitrogens is 2. The molecule has 4 atom stereocenters. The summed E-state index contributed by atoms with van der Waals surface area (Å²) in [7, 11) is 1.53. The molecule has 0 aliphatic carbocycles. The highest BCUT2D eigenvalue weighted by Crippen LogP contribution is 2.20. The molecule has 1 aliphatic heterocycles. The first-order valence-corrected chi connectivity index (χ1v) is 5.93. The number of aliphatic hydroxyl groups is 3. The molecule has 0 aromatic carbocycles. The molecule has 0 amide bonds. The summed E-state index contributed by atoms with van der Waals surface area (Å²) in [5, 5.41) is 28.4. The Morgan fingerprint density at radius 1 is 1.42 bits per heavy atom. The van der Waals surface area contributed by atoms with Gasteiger partial charge in [0.05, 0.1) is 13.7 Å². The van der Waals surface area contributed by atoms with E-state index in [1.54, 1.807) is 6.07 Å². The molecule has 8 nitrogen and oxygen atoms in total. The largest absolute Gasteiger partial charge is 0.499 e. The summed E-state index contributed by atoms with van der Waals surface area (Å²) in [6.45, 7) is -0.319. The van der Waals surface area contributed by atoms with Gasteiger partial charge in [-0.2, -0.15) is 13.9 Å². The third-order valence-electron chi connectivity index (χ3n) is 3.36. The van der Waals surface area contributed by atoms with Gasteiger partial charge < -0.3 is 25.8 Å². The topological polar surface area (TPSA) is 122 Å². The lowest BCUT2D eigenvalue weighted by Crippen LogP contribution is -2.57. The molecule has 4 unspecified atom stereocenters. The Morgan fingerprint density at radius 3 is 2.63 bits per heavy atom. The van der Waals surface area contributed by atoms with Crippen LogP contribution in [0.4, 0.5) is 5.82 Å². The zero-order valence-corrected chi connectivity index (χ0v) is 10.5. The van der Waals surface area contributed by atoms with E-state index in [1.165, 1.54) is 22.4 Å². The van der Waals surface area contributed by atoms with Gasteiger partial charge in [-0.1, -0.05) is 0 Å². The van der Waals surface area contributed by atoms with Gasteiger partial charge in [0, 0.05) is 6.07 Å². The fourth-order valence-electron chi connectivity index (χ4n) is 2.11. The lowest BCUT2D eigenvalue weighted by Gasteiger charge is -2.12. The maximum absolute atomic E-state index is 11.9. The highest BCUT2D eigenvalue weighted by atomic mass is 16.6. The second-order valence-corrected chi connectivity index (χ2v) is 4.61. The zero-order valence-electron chi connectivity index (χ0n) is 10.5. The van der Waals surface area contributed by atoms with E-state index < -0.39 is 24.4 Å². The number of hydrogen-bond donors (Lipinski definition) is 4. The minimum Gasteiger partial charge on any atom is -0.394 e. The molecule has 1 aliphatic rings. The summed E-state index contributed by atoms with van der Waals surface area (Å²) in [6.07, 6.45) is -2.40. The molecular formula is C11H18N3O5+. The Hall–Kier alpha value is -1.48. The molecule has 1 fully saturated rings.